The molecule has 0 atom stereocenters. The molecule has 4 nitrogen and oxygen atoms in total. The molecular formula is C8H12F3N3OS. The Morgan fingerprint density at radius 3 is 2.62 bits per heavy atom. The van der Waals surface area contributed by atoms with E-state index >= 15 is 0 Å². The van der Waals surface area contributed by atoms with E-state index in [0.717, 1.165) is 5.01 Å². The molecule has 1 aromatic heterocycles. The highest BCUT2D eigenvalue weighted by atomic mass is 32.1. The summed E-state index contributed by atoms with van der Waals surface area (Å²) < 4.78 is 39.7. The van der Waals surface area contributed by atoms with E-state index in [-0.39, 0.29) is 6.61 Å². The number of nitrogens with zero attached hydrogens (tertiary/aromatic N) is 2. The normalized spacial score (nSPS) is 12.0. The molecule has 0 radical (unpaired) electrons. The first-order valence-electron chi connectivity index (χ1n) is 4.61. The number of alkyl halides is 3. The second-order valence-corrected chi connectivity index (χ2v) is 4.18. The van der Waals surface area contributed by atoms with Gasteiger partial charge in [0.2, 0.25) is 0 Å². The van der Waals surface area contributed by atoms with Gasteiger partial charge in [0.25, 0.3) is 0 Å². The van der Waals surface area contributed by atoms with Crippen molar-refractivity contribution in [1.82, 2.24) is 15.5 Å². The van der Waals surface area contributed by atoms with Gasteiger partial charge in [0.05, 0.1) is 6.61 Å². The van der Waals surface area contributed by atoms with Gasteiger partial charge in [-0.05, 0) is 7.05 Å². The molecule has 0 saturated heterocycles. The van der Waals surface area contributed by atoms with Crippen molar-refractivity contribution in [3.63, 3.8) is 0 Å². The number of aromatic nitrogens is 2. The van der Waals surface area contributed by atoms with Gasteiger partial charge in [-0.3, -0.25) is 0 Å². The Bertz CT molecular complexity index is 316. The van der Waals surface area contributed by atoms with Crippen LogP contribution in [0.25, 0.3) is 0 Å². The van der Waals surface area contributed by atoms with Crippen LogP contribution in [0.2, 0.25) is 0 Å². The average molecular weight is 255 g/mol. The molecule has 0 spiro atoms. The highest BCUT2D eigenvalue weighted by Gasteiger charge is 2.27. The second-order valence-electron chi connectivity index (χ2n) is 3.04. The van der Waals surface area contributed by atoms with Crippen molar-refractivity contribution >= 4 is 11.3 Å². The molecule has 0 bridgehead atoms. The van der Waals surface area contributed by atoms with Gasteiger partial charge in [-0.25, -0.2) is 0 Å². The van der Waals surface area contributed by atoms with Crippen LogP contribution >= 0.6 is 11.3 Å². The minimum absolute atomic E-state index is 0.00764. The quantitative estimate of drug-likeness (QED) is 0.780. The molecular weight excluding hydrogens is 243 g/mol. The lowest BCUT2D eigenvalue weighted by atomic mass is 10.5. The molecule has 0 aliphatic rings. The third kappa shape index (κ3) is 5.38. The number of hydrogen-bond donors (Lipinski definition) is 1. The first-order valence-corrected chi connectivity index (χ1v) is 5.43. The highest BCUT2D eigenvalue weighted by molar-refractivity contribution is 7.11. The van der Waals surface area contributed by atoms with Crippen LogP contribution in [0.15, 0.2) is 0 Å². The maximum Gasteiger partial charge on any atom is 0.411 e. The number of nitrogens with one attached hydrogen (secondary N) is 1. The van der Waals surface area contributed by atoms with Gasteiger partial charge in [0, 0.05) is 13.0 Å². The predicted octanol–water partition coefficient (Wildman–Crippen LogP) is 1.38. The topological polar surface area (TPSA) is 47.0 Å². The number of rotatable bonds is 6. The molecule has 1 rings (SSSR count). The summed E-state index contributed by atoms with van der Waals surface area (Å²) in [5, 5.41) is 12.1. The van der Waals surface area contributed by atoms with Crippen LogP contribution in [0.1, 0.15) is 10.0 Å². The van der Waals surface area contributed by atoms with E-state index in [9.17, 15) is 13.2 Å². The van der Waals surface area contributed by atoms with Gasteiger partial charge in [0.1, 0.15) is 16.6 Å². The summed E-state index contributed by atoms with van der Waals surface area (Å²) in [6, 6.07) is 0. The molecule has 0 amide bonds. The van der Waals surface area contributed by atoms with Gasteiger partial charge in [-0.2, -0.15) is 13.2 Å². The van der Waals surface area contributed by atoms with E-state index in [1.54, 1.807) is 7.05 Å². The fourth-order valence-electron chi connectivity index (χ4n) is 0.959. The Kier molecular flexibility index (Phi) is 5.10. The summed E-state index contributed by atoms with van der Waals surface area (Å²) in [5.41, 5.74) is 0. The van der Waals surface area contributed by atoms with Crippen molar-refractivity contribution < 1.29 is 17.9 Å². The molecule has 0 aliphatic carbocycles. The van der Waals surface area contributed by atoms with E-state index in [1.807, 2.05) is 0 Å². The van der Waals surface area contributed by atoms with Crippen LogP contribution in [0.5, 0.6) is 0 Å². The summed E-state index contributed by atoms with van der Waals surface area (Å²) >= 11 is 1.37. The third-order valence-electron chi connectivity index (χ3n) is 1.56. The Balaban J connectivity index is 2.21. The zero-order chi connectivity index (χ0) is 12.0. The molecule has 1 heterocycles. The van der Waals surface area contributed by atoms with E-state index in [0.29, 0.717) is 18.0 Å². The summed E-state index contributed by atoms with van der Waals surface area (Å²) in [6.07, 6.45) is -3.91. The molecule has 16 heavy (non-hydrogen) atoms. The fraction of sp³-hybridized carbons (Fsp3) is 0.750. The SMILES string of the molecule is CNCc1nnc(CCOCC(F)(F)F)s1. The van der Waals surface area contributed by atoms with Crippen LogP contribution in [0.4, 0.5) is 13.2 Å². The van der Waals surface area contributed by atoms with Crippen molar-refractivity contribution in [2.75, 3.05) is 20.3 Å². The van der Waals surface area contributed by atoms with Gasteiger partial charge in [-0.1, -0.05) is 0 Å². The summed E-state index contributed by atoms with van der Waals surface area (Å²) in [4.78, 5) is 0. The van der Waals surface area contributed by atoms with Crippen LogP contribution in [-0.4, -0.2) is 36.6 Å². The minimum Gasteiger partial charge on any atom is -0.372 e. The lowest BCUT2D eigenvalue weighted by molar-refractivity contribution is -0.173. The fourth-order valence-corrected chi connectivity index (χ4v) is 1.80. The van der Waals surface area contributed by atoms with Crippen LogP contribution in [0, 0.1) is 0 Å². The van der Waals surface area contributed by atoms with E-state index in [4.69, 9.17) is 0 Å². The summed E-state index contributed by atoms with van der Waals surface area (Å²) in [7, 11) is 1.79. The molecule has 1 aromatic rings. The van der Waals surface area contributed by atoms with Crippen molar-refractivity contribution in [3.05, 3.63) is 10.0 Å². The number of hydrogen-bond acceptors (Lipinski definition) is 5. The smallest absolute Gasteiger partial charge is 0.372 e. The molecule has 0 unspecified atom stereocenters. The first kappa shape index (κ1) is 13.3. The number of halogens is 3. The molecule has 0 aliphatic heterocycles. The van der Waals surface area contributed by atoms with E-state index < -0.39 is 12.8 Å². The highest BCUT2D eigenvalue weighted by Crippen LogP contribution is 2.15. The van der Waals surface area contributed by atoms with Crippen molar-refractivity contribution in [3.8, 4) is 0 Å². The van der Waals surface area contributed by atoms with E-state index in [2.05, 4.69) is 20.3 Å². The van der Waals surface area contributed by atoms with Gasteiger partial charge in [-0.15, -0.1) is 21.5 Å². The molecule has 1 N–H and O–H groups in total. The molecule has 0 saturated carbocycles. The zero-order valence-corrected chi connectivity index (χ0v) is 9.49. The molecule has 92 valence electrons. The second kappa shape index (κ2) is 6.12. The minimum atomic E-state index is -4.27. The van der Waals surface area contributed by atoms with Crippen molar-refractivity contribution in [2.45, 2.75) is 19.1 Å². The number of ether oxygens (including phenoxy) is 1. The van der Waals surface area contributed by atoms with Crippen molar-refractivity contribution in [1.29, 1.82) is 0 Å². The third-order valence-corrected chi connectivity index (χ3v) is 2.55. The maximum absolute atomic E-state index is 11.7. The van der Waals surface area contributed by atoms with Gasteiger partial charge >= 0.3 is 6.18 Å². The van der Waals surface area contributed by atoms with Crippen LogP contribution in [0.3, 0.4) is 0 Å². The van der Waals surface area contributed by atoms with Crippen molar-refractivity contribution in [2.24, 2.45) is 0 Å². The first-order chi connectivity index (χ1) is 7.51. The van der Waals surface area contributed by atoms with Gasteiger partial charge in [0.15, 0.2) is 0 Å². The lowest BCUT2D eigenvalue weighted by Gasteiger charge is -2.05. The zero-order valence-electron chi connectivity index (χ0n) is 8.67. The van der Waals surface area contributed by atoms with Gasteiger partial charge < -0.3 is 10.1 Å². The average Bonchev–Trinajstić information content (AvgIpc) is 2.60. The molecule has 0 fully saturated rings. The Labute approximate surface area is 94.8 Å². The van der Waals surface area contributed by atoms with Crippen LogP contribution in [-0.2, 0) is 17.7 Å². The monoisotopic (exact) mass is 255 g/mol. The Morgan fingerprint density at radius 2 is 2.00 bits per heavy atom. The molecule has 0 aromatic carbocycles. The molecule has 8 heteroatoms. The maximum atomic E-state index is 11.7. The largest absolute Gasteiger partial charge is 0.411 e. The lowest BCUT2D eigenvalue weighted by Crippen LogP contribution is -2.17. The Morgan fingerprint density at radius 1 is 1.31 bits per heavy atom. The summed E-state index contributed by atoms with van der Waals surface area (Å²) in [5.74, 6) is 0. The van der Waals surface area contributed by atoms with Crippen LogP contribution < -0.4 is 5.32 Å². The van der Waals surface area contributed by atoms with E-state index in [1.165, 1.54) is 11.3 Å². The Hall–Kier alpha value is -0.730. The predicted molar refractivity (Wildman–Crippen MR) is 53.3 cm³/mol. The standard InChI is InChI=1S/C8H12F3N3OS/c1-12-4-7-14-13-6(16-7)2-3-15-5-8(9,10)11/h12H,2-5H2,1H3. The summed E-state index contributed by atoms with van der Waals surface area (Å²) in [6.45, 7) is -0.593.